The van der Waals surface area contributed by atoms with Crippen LogP contribution < -0.4 is 0 Å². The number of nitrogens with one attached hydrogen (secondary N) is 1. The van der Waals surface area contributed by atoms with Crippen LogP contribution in [0.4, 0.5) is 0 Å². The van der Waals surface area contributed by atoms with Crippen molar-refractivity contribution in [1.82, 2.24) is 4.90 Å². The van der Waals surface area contributed by atoms with E-state index in [0.717, 1.165) is 11.8 Å². The highest BCUT2D eigenvalue weighted by Gasteiger charge is 2.28. The molecule has 1 heterocycles. The molecule has 5 heteroatoms. The zero-order valence-electron chi connectivity index (χ0n) is 4.67. The van der Waals surface area contributed by atoms with Crippen molar-refractivity contribution < 1.29 is 4.79 Å². The number of carbonyl (C=O) groups excluding carboxylic acids is 1. The van der Waals surface area contributed by atoms with Gasteiger partial charge in [0.25, 0.3) is 5.91 Å². The van der Waals surface area contributed by atoms with Crippen molar-refractivity contribution in [3.05, 3.63) is 0 Å². The minimum Gasteiger partial charge on any atom is -0.295 e. The fourth-order valence-electron chi connectivity index (χ4n) is 0.435. The summed E-state index contributed by atoms with van der Waals surface area (Å²) in [6.45, 7) is 0. The first-order valence-electron chi connectivity index (χ1n) is 2.21. The topological polar surface area (TPSA) is 44.2 Å². The van der Waals surface area contributed by atoms with Crippen LogP contribution in [0.3, 0.4) is 0 Å². The third kappa shape index (κ3) is 0.972. The molecule has 0 radical (unpaired) electrons. The molecule has 0 aliphatic carbocycles. The van der Waals surface area contributed by atoms with Crippen LogP contribution in [0.15, 0.2) is 0 Å². The number of thioether (sulfide) groups is 1. The summed E-state index contributed by atoms with van der Waals surface area (Å²) in [6.07, 6.45) is 0. The summed E-state index contributed by atoms with van der Waals surface area (Å²) in [7, 11) is 1.57. The molecule has 1 rings (SSSR count). The molecule has 1 fully saturated rings. The first-order valence-corrected chi connectivity index (χ1v) is 3.44. The quantitative estimate of drug-likeness (QED) is 0.523. The fraction of sp³-hybridized carbons (Fsp3) is 0.250. The summed E-state index contributed by atoms with van der Waals surface area (Å²) in [5.41, 5.74) is 0. The van der Waals surface area contributed by atoms with Gasteiger partial charge in [0.1, 0.15) is 4.32 Å². The van der Waals surface area contributed by atoms with Crippen LogP contribution in [0, 0.1) is 5.41 Å². The molecule has 1 N–H and O–H groups in total. The Morgan fingerprint density at radius 2 is 2.33 bits per heavy atom. The van der Waals surface area contributed by atoms with Crippen molar-refractivity contribution >= 4 is 39.3 Å². The van der Waals surface area contributed by atoms with Crippen LogP contribution in [-0.2, 0) is 4.79 Å². The Labute approximate surface area is 61.9 Å². The van der Waals surface area contributed by atoms with E-state index in [9.17, 15) is 4.79 Å². The van der Waals surface area contributed by atoms with Gasteiger partial charge in [0.05, 0.1) is 0 Å². The van der Waals surface area contributed by atoms with E-state index in [0.29, 0.717) is 4.32 Å². The van der Waals surface area contributed by atoms with Gasteiger partial charge < -0.3 is 0 Å². The number of amides is 1. The number of carbonyl (C=O) groups is 1. The molecule has 0 aromatic heterocycles. The van der Waals surface area contributed by atoms with Crippen molar-refractivity contribution in [1.29, 1.82) is 5.41 Å². The lowest BCUT2D eigenvalue weighted by atomic mass is 10.6. The second kappa shape index (κ2) is 2.07. The Bertz CT molecular complexity index is 201. The predicted molar refractivity (Wildman–Crippen MR) is 40.7 cm³/mol. The maximum Gasteiger partial charge on any atom is 0.283 e. The number of hydrogen-bond donors (Lipinski definition) is 1. The van der Waals surface area contributed by atoms with Gasteiger partial charge in [-0.1, -0.05) is 12.2 Å². The fourth-order valence-corrected chi connectivity index (χ4v) is 1.39. The monoisotopic (exact) mass is 160 g/mol. The lowest BCUT2D eigenvalue weighted by Gasteiger charge is -2.02. The van der Waals surface area contributed by atoms with Gasteiger partial charge in [0.15, 0.2) is 5.04 Å². The van der Waals surface area contributed by atoms with Gasteiger partial charge in [0, 0.05) is 7.05 Å². The first kappa shape index (κ1) is 6.70. The summed E-state index contributed by atoms with van der Waals surface area (Å²) in [6, 6.07) is 0. The molecule has 0 saturated carbocycles. The third-order valence-corrected chi connectivity index (χ3v) is 2.31. The number of hydrogen-bond acceptors (Lipinski definition) is 4. The third-order valence-electron chi connectivity index (χ3n) is 0.962. The maximum absolute atomic E-state index is 10.7. The molecule has 0 aromatic rings. The molecule has 3 nitrogen and oxygen atoms in total. The predicted octanol–water partition coefficient (Wildman–Crippen LogP) is 0.454. The highest BCUT2D eigenvalue weighted by molar-refractivity contribution is 8.35. The van der Waals surface area contributed by atoms with Gasteiger partial charge in [-0.2, -0.15) is 0 Å². The Kier molecular flexibility index (Phi) is 1.54. The highest BCUT2D eigenvalue weighted by atomic mass is 32.2. The zero-order valence-corrected chi connectivity index (χ0v) is 6.30. The second-order valence-electron chi connectivity index (χ2n) is 1.56. The van der Waals surface area contributed by atoms with E-state index in [1.165, 1.54) is 4.90 Å². The van der Waals surface area contributed by atoms with E-state index >= 15 is 0 Å². The molecule has 1 saturated heterocycles. The molecule has 9 heavy (non-hydrogen) atoms. The van der Waals surface area contributed by atoms with Crippen molar-refractivity contribution in [2.24, 2.45) is 0 Å². The van der Waals surface area contributed by atoms with E-state index in [2.05, 4.69) is 0 Å². The Balaban J connectivity index is 2.90. The minimum absolute atomic E-state index is 0.0162. The minimum atomic E-state index is -0.301. The lowest BCUT2D eigenvalue weighted by molar-refractivity contribution is -0.119. The normalized spacial score (nSPS) is 19.7. The average molecular weight is 160 g/mol. The van der Waals surface area contributed by atoms with Crippen molar-refractivity contribution in [3.63, 3.8) is 0 Å². The van der Waals surface area contributed by atoms with Gasteiger partial charge in [-0.25, -0.2) is 0 Å². The van der Waals surface area contributed by atoms with Crippen LogP contribution in [0.5, 0.6) is 0 Å². The van der Waals surface area contributed by atoms with Crippen molar-refractivity contribution in [2.45, 2.75) is 0 Å². The number of thiocarbonyl (C=S) groups is 1. The summed E-state index contributed by atoms with van der Waals surface area (Å²) in [4.78, 5) is 12.0. The average Bonchev–Trinajstić information content (AvgIpc) is 1.98. The van der Waals surface area contributed by atoms with Gasteiger partial charge in [-0.3, -0.25) is 15.1 Å². The van der Waals surface area contributed by atoms with Gasteiger partial charge in [0.2, 0.25) is 0 Å². The second-order valence-corrected chi connectivity index (χ2v) is 3.21. The molecule has 1 amide bonds. The van der Waals surface area contributed by atoms with Crippen molar-refractivity contribution in [3.8, 4) is 0 Å². The molecule has 1 aliphatic heterocycles. The van der Waals surface area contributed by atoms with Crippen LogP contribution in [0.25, 0.3) is 0 Å². The molecule has 0 spiro atoms. The van der Waals surface area contributed by atoms with Crippen LogP contribution in [0.2, 0.25) is 0 Å². The molecule has 1 aliphatic rings. The zero-order chi connectivity index (χ0) is 7.02. The standard InChI is InChI=1S/C4H4N2OS2/c1-6-3(7)2(5)9-4(6)8/h5H,1H3. The molecule has 0 atom stereocenters. The lowest BCUT2D eigenvalue weighted by Crippen LogP contribution is -2.24. The Hall–Kier alpha value is -0.420. The number of rotatable bonds is 0. The highest BCUT2D eigenvalue weighted by Crippen LogP contribution is 2.18. The maximum atomic E-state index is 10.7. The van der Waals surface area contributed by atoms with E-state index in [1.54, 1.807) is 7.05 Å². The van der Waals surface area contributed by atoms with Crippen LogP contribution >= 0.6 is 24.0 Å². The molecular formula is C4H4N2OS2. The number of nitrogens with zero attached hydrogens (tertiary/aromatic N) is 1. The largest absolute Gasteiger partial charge is 0.295 e. The molecule has 0 bridgehead atoms. The summed E-state index contributed by atoms with van der Waals surface area (Å²) < 4.78 is 0.463. The van der Waals surface area contributed by atoms with Gasteiger partial charge >= 0.3 is 0 Å². The van der Waals surface area contributed by atoms with E-state index in [4.69, 9.17) is 17.6 Å². The van der Waals surface area contributed by atoms with Gasteiger partial charge in [-0.15, -0.1) is 0 Å². The van der Waals surface area contributed by atoms with E-state index < -0.39 is 0 Å². The van der Waals surface area contributed by atoms with Crippen LogP contribution in [-0.4, -0.2) is 27.2 Å². The molecular weight excluding hydrogens is 156 g/mol. The molecule has 0 aromatic carbocycles. The summed E-state index contributed by atoms with van der Waals surface area (Å²) in [5.74, 6) is -0.301. The molecule has 0 unspecified atom stereocenters. The molecule has 48 valence electrons. The van der Waals surface area contributed by atoms with Crippen molar-refractivity contribution in [2.75, 3.05) is 7.05 Å². The summed E-state index contributed by atoms with van der Waals surface area (Å²) in [5, 5.41) is 7.02. The van der Waals surface area contributed by atoms with E-state index in [1.807, 2.05) is 0 Å². The smallest absolute Gasteiger partial charge is 0.283 e. The van der Waals surface area contributed by atoms with Gasteiger partial charge in [-0.05, 0) is 11.8 Å². The first-order chi connectivity index (χ1) is 4.13. The van der Waals surface area contributed by atoms with Crippen LogP contribution in [0.1, 0.15) is 0 Å². The SMILES string of the molecule is CN1C(=O)C(=N)SC1=S. The Morgan fingerprint density at radius 3 is 2.44 bits per heavy atom. The Morgan fingerprint density at radius 1 is 1.78 bits per heavy atom. The van der Waals surface area contributed by atoms with E-state index in [-0.39, 0.29) is 11.0 Å². The summed E-state index contributed by atoms with van der Waals surface area (Å²) >= 11 is 5.75.